The van der Waals surface area contributed by atoms with Gasteiger partial charge in [-0.2, -0.15) is 0 Å². The van der Waals surface area contributed by atoms with E-state index in [4.69, 9.17) is 5.73 Å². The average Bonchev–Trinajstić information content (AvgIpc) is 2.29. The Morgan fingerprint density at radius 2 is 2.06 bits per heavy atom. The summed E-state index contributed by atoms with van der Waals surface area (Å²) in [5, 5.41) is 0. The largest absolute Gasteiger partial charge is 0.325 e. The molecule has 16 heavy (non-hydrogen) atoms. The van der Waals surface area contributed by atoms with Crippen LogP contribution in [-0.4, -0.2) is 12.5 Å². The quantitative estimate of drug-likeness (QED) is 0.840. The van der Waals surface area contributed by atoms with Crippen molar-refractivity contribution < 1.29 is 8.78 Å². The van der Waals surface area contributed by atoms with Gasteiger partial charge in [0.25, 0.3) is 5.92 Å². The first-order chi connectivity index (χ1) is 7.62. The van der Waals surface area contributed by atoms with Gasteiger partial charge in [-0.25, -0.2) is 8.78 Å². The van der Waals surface area contributed by atoms with Crippen LogP contribution in [0.25, 0.3) is 0 Å². The molecule has 0 aromatic heterocycles. The van der Waals surface area contributed by atoms with Crippen molar-refractivity contribution >= 4 is 0 Å². The minimum atomic E-state index is -2.73. The molecule has 0 saturated carbocycles. The Morgan fingerprint density at radius 1 is 1.31 bits per heavy atom. The van der Waals surface area contributed by atoms with E-state index >= 15 is 0 Å². The van der Waals surface area contributed by atoms with Crippen LogP contribution in [0.1, 0.15) is 36.3 Å². The number of fused-ring (bicyclic) bond motifs is 1. The Hall–Kier alpha value is -0.960. The van der Waals surface area contributed by atoms with E-state index in [0.717, 1.165) is 24.8 Å². The van der Waals surface area contributed by atoms with Crippen LogP contribution >= 0.6 is 0 Å². The summed E-state index contributed by atoms with van der Waals surface area (Å²) in [6.45, 7) is -0.550. The van der Waals surface area contributed by atoms with Gasteiger partial charge >= 0.3 is 0 Å². The zero-order valence-electron chi connectivity index (χ0n) is 9.26. The van der Waals surface area contributed by atoms with Crippen LogP contribution in [0.2, 0.25) is 0 Å². The third-order valence-electron chi connectivity index (χ3n) is 3.34. The molecule has 1 aliphatic carbocycles. The van der Waals surface area contributed by atoms with Crippen LogP contribution in [-0.2, 0) is 6.42 Å². The molecule has 1 aromatic rings. The molecule has 2 N–H and O–H groups in total. The van der Waals surface area contributed by atoms with Gasteiger partial charge in [-0.3, -0.25) is 0 Å². The van der Waals surface area contributed by atoms with E-state index in [9.17, 15) is 8.78 Å². The fraction of sp³-hybridized carbons (Fsp3) is 0.538. The van der Waals surface area contributed by atoms with E-state index in [-0.39, 0.29) is 12.3 Å². The van der Waals surface area contributed by atoms with E-state index in [1.165, 1.54) is 5.56 Å². The SMILES string of the molecule is NCC(F)(F)CC1CCCc2ccccc21. The molecule has 1 aromatic carbocycles. The van der Waals surface area contributed by atoms with Crippen LogP contribution in [0.4, 0.5) is 8.78 Å². The molecule has 88 valence electrons. The summed E-state index contributed by atoms with van der Waals surface area (Å²) >= 11 is 0. The number of hydrogen-bond donors (Lipinski definition) is 1. The molecule has 0 amide bonds. The molecule has 1 atom stereocenters. The average molecular weight is 225 g/mol. The van der Waals surface area contributed by atoms with Gasteiger partial charge in [0, 0.05) is 6.42 Å². The van der Waals surface area contributed by atoms with Crippen molar-refractivity contribution in [2.45, 2.75) is 37.5 Å². The Bertz CT molecular complexity index is 363. The molecule has 0 saturated heterocycles. The lowest BCUT2D eigenvalue weighted by Crippen LogP contribution is -2.30. The second kappa shape index (κ2) is 4.50. The normalized spacial score (nSPS) is 20.6. The predicted molar refractivity (Wildman–Crippen MR) is 60.7 cm³/mol. The highest BCUT2D eigenvalue weighted by Crippen LogP contribution is 2.38. The summed E-state index contributed by atoms with van der Waals surface area (Å²) < 4.78 is 26.6. The predicted octanol–water partition coefficient (Wildman–Crippen LogP) is 3.09. The Labute approximate surface area is 94.7 Å². The standard InChI is InChI=1S/C13H17F2N/c14-13(15,9-16)8-11-6-3-5-10-4-1-2-7-12(10)11/h1-2,4,7,11H,3,5-6,8-9,16H2. The smallest absolute Gasteiger partial charge is 0.260 e. The Morgan fingerprint density at radius 3 is 2.81 bits per heavy atom. The summed E-state index contributed by atoms with van der Waals surface area (Å²) in [6, 6.07) is 7.92. The number of alkyl halides is 2. The van der Waals surface area contributed by atoms with Crippen molar-refractivity contribution in [3.63, 3.8) is 0 Å². The molecule has 0 spiro atoms. The molecule has 1 nitrogen and oxygen atoms in total. The van der Waals surface area contributed by atoms with Crippen molar-refractivity contribution in [2.24, 2.45) is 5.73 Å². The molecule has 3 heteroatoms. The van der Waals surface area contributed by atoms with Crippen molar-refractivity contribution in [1.29, 1.82) is 0 Å². The molecular formula is C13H17F2N. The fourth-order valence-corrected chi connectivity index (χ4v) is 2.51. The highest BCUT2D eigenvalue weighted by molar-refractivity contribution is 5.32. The van der Waals surface area contributed by atoms with Crippen molar-refractivity contribution in [1.82, 2.24) is 0 Å². The maximum atomic E-state index is 13.3. The number of nitrogens with two attached hydrogens (primary N) is 1. The number of halogens is 2. The van der Waals surface area contributed by atoms with Gasteiger partial charge in [0.2, 0.25) is 0 Å². The first-order valence-electron chi connectivity index (χ1n) is 5.78. The molecule has 0 bridgehead atoms. The number of aryl methyl sites for hydroxylation is 1. The minimum Gasteiger partial charge on any atom is -0.325 e. The maximum Gasteiger partial charge on any atom is 0.260 e. The first kappa shape index (κ1) is 11.5. The monoisotopic (exact) mass is 225 g/mol. The molecule has 1 unspecified atom stereocenters. The maximum absolute atomic E-state index is 13.3. The highest BCUT2D eigenvalue weighted by atomic mass is 19.3. The van der Waals surface area contributed by atoms with E-state index in [1.54, 1.807) is 0 Å². The Kier molecular flexibility index (Phi) is 3.24. The summed E-state index contributed by atoms with van der Waals surface area (Å²) in [4.78, 5) is 0. The van der Waals surface area contributed by atoms with E-state index in [1.807, 2.05) is 24.3 Å². The summed E-state index contributed by atoms with van der Waals surface area (Å²) in [5.41, 5.74) is 7.42. The number of hydrogen-bond acceptors (Lipinski definition) is 1. The minimum absolute atomic E-state index is 0.0245. The topological polar surface area (TPSA) is 26.0 Å². The van der Waals surface area contributed by atoms with Gasteiger partial charge in [0.05, 0.1) is 6.54 Å². The molecular weight excluding hydrogens is 208 g/mol. The lowest BCUT2D eigenvalue weighted by Gasteiger charge is -2.28. The van der Waals surface area contributed by atoms with Gasteiger partial charge in [-0.05, 0) is 36.3 Å². The number of rotatable bonds is 3. The molecule has 0 heterocycles. The van der Waals surface area contributed by atoms with E-state index < -0.39 is 12.5 Å². The van der Waals surface area contributed by atoms with Crippen LogP contribution in [0, 0.1) is 0 Å². The second-order valence-electron chi connectivity index (χ2n) is 4.55. The van der Waals surface area contributed by atoms with Crippen LogP contribution in [0.15, 0.2) is 24.3 Å². The van der Waals surface area contributed by atoms with Gasteiger partial charge < -0.3 is 5.73 Å². The molecule has 2 rings (SSSR count). The lowest BCUT2D eigenvalue weighted by molar-refractivity contribution is -0.00631. The summed E-state index contributed by atoms with van der Waals surface area (Å²) in [5.74, 6) is -2.75. The zero-order valence-corrected chi connectivity index (χ0v) is 9.26. The van der Waals surface area contributed by atoms with Crippen LogP contribution in [0.5, 0.6) is 0 Å². The Balaban J connectivity index is 2.19. The zero-order chi connectivity index (χ0) is 11.6. The third kappa shape index (κ3) is 2.40. The second-order valence-corrected chi connectivity index (χ2v) is 4.55. The van der Waals surface area contributed by atoms with Crippen molar-refractivity contribution in [2.75, 3.05) is 6.54 Å². The van der Waals surface area contributed by atoms with Crippen LogP contribution in [0.3, 0.4) is 0 Å². The molecule has 1 aliphatic rings. The van der Waals surface area contributed by atoms with Gasteiger partial charge in [0.15, 0.2) is 0 Å². The molecule has 0 fully saturated rings. The molecule has 0 aliphatic heterocycles. The highest BCUT2D eigenvalue weighted by Gasteiger charge is 2.33. The summed E-state index contributed by atoms with van der Waals surface area (Å²) in [6.07, 6.45) is 2.76. The van der Waals surface area contributed by atoms with Crippen LogP contribution < -0.4 is 5.73 Å². The van der Waals surface area contributed by atoms with Crippen molar-refractivity contribution in [3.05, 3.63) is 35.4 Å². The lowest BCUT2D eigenvalue weighted by atomic mass is 9.80. The van der Waals surface area contributed by atoms with Gasteiger partial charge in [0.1, 0.15) is 0 Å². The molecule has 0 radical (unpaired) electrons. The van der Waals surface area contributed by atoms with Crippen molar-refractivity contribution in [3.8, 4) is 0 Å². The number of benzene rings is 1. The van der Waals surface area contributed by atoms with E-state index in [2.05, 4.69) is 0 Å². The fourth-order valence-electron chi connectivity index (χ4n) is 2.51. The first-order valence-corrected chi connectivity index (χ1v) is 5.78. The van der Waals surface area contributed by atoms with Gasteiger partial charge in [-0.15, -0.1) is 0 Å². The van der Waals surface area contributed by atoms with Gasteiger partial charge in [-0.1, -0.05) is 24.3 Å². The van der Waals surface area contributed by atoms with E-state index in [0.29, 0.717) is 0 Å². The summed E-state index contributed by atoms with van der Waals surface area (Å²) in [7, 11) is 0. The third-order valence-corrected chi connectivity index (χ3v) is 3.34.